The Morgan fingerprint density at radius 2 is 2.33 bits per heavy atom. The van der Waals surface area contributed by atoms with E-state index in [9.17, 15) is 0 Å². The molecular formula is C12H17N3. The molecule has 15 heavy (non-hydrogen) atoms. The second kappa shape index (κ2) is 3.12. The molecule has 3 nitrogen and oxygen atoms in total. The minimum Gasteiger partial charge on any atom is -0.371 e. The molecule has 1 fully saturated rings. The number of nitrogens with zero attached hydrogens (tertiary/aromatic N) is 3. The van der Waals surface area contributed by atoms with E-state index in [-0.39, 0.29) is 0 Å². The summed E-state index contributed by atoms with van der Waals surface area (Å²) in [4.78, 5) is 2.33. The predicted octanol–water partition coefficient (Wildman–Crippen LogP) is 2.11. The highest BCUT2D eigenvalue weighted by molar-refractivity contribution is 5.23. The van der Waals surface area contributed by atoms with Gasteiger partial charge in [-0.15, -0.1) is 0 Å². The highest BCUT2D eigenvalue weighted by atomic mass is 15.3. The van der Waals surface area contributed by atoms with Gasteiger partial charge in [-0.1, -0.05) is 6.58 Å². The number of fused-ring (bicyclic) bond motifs is 1. The molecular weight excluding hydrogens is 186 g/mol. The lowest BCUT2D eigenvalue weighted by Gasteiger charge is -2.29. The van der Waals surface area contributed by atoms with Gasteiger partial charge in [0.15, 0.2) is 0 Å². The van der Waals surface area contributed by atoms with Crippen LogP contribution in [0, 0.1) is 0 Å². The summed E-state index contributed by atoms with van der Waals surface area (Å²) in [5.74, 6) is 0. The summed E-state index contributed by atoms with van der Waals surface area (Å²) in [6.07, 6.45) is 5.80. The molecule has 0 unspecified atom stereocenters. The summed E-state index contributed by atoms with van der Waals surface area (Å²) >= 11 is 0. The van der Waals surface area contributed by atoms with Crippen molar-refractivity contribution in [2.45, 2.75) is 38.8 Å². The van der Waals surface area contributed by atoms with Crippen LogP contribution in [0.4, 0.5) is 0 Å². The van der Waals surface area contributed by atoms with Gasteiger partial charge in [0.05, 0.1) is 12.2 Å². The second-order valence-corrected chi connectivity index (χ2v) is 4.70. The SMILES string of the molecule is C=C(C)N1CCc2c(cnn2C2CC2)C1. The van der Waals surface area contributed by atoms with Gasteiger partial charge in [0.25, 0.3) is 0 Å². The second-order valence-electron chi connectivity index (χ2n) is 4.70. The van der Waals surface area contributed by atoms with Gasteiger partial charge >= 0.3 is 0 Å². The maximum atomic E-state index is 4.51. The van der Waals surface area contributed by atoms with Crippen LogP contribution >= 0.6 is 0 Å². The summed E-state index contributed by atoms with van der Waals surface area (Å²) in [7, 11) is 0. The fraction of sp³-hybridized carbons (Fsp3) is 0.583. The van der Waals surface area contributed by atoms with E-state index >= 15 is 0 Å². The molecule has 0 amide bonds. The van der Waals surface area contributed by atoms with E-state index in [4.69, 9.17) is 0 Å². The van der Waals surface area contributed by atoms with Crippen molar-refractivity contribution in [1.29, 1.82) is 0 Å². The topological polar surface area (TPSA) is 21.1 Å². The Morgan fingerprint density at radius 3 is 3.00 bits per heavy atom. The Labute approximate surface area is 90.4 Å². The van der Waals surface area contributed by atoms with E-state index < -0.39 is 0 Å². The van der Waals surface area contributed by atoms with Gasteiger partial charge in [-0.3, -0.25) is 4.68 Å². The zero-order chi connectivity index (χ0) is 10.4. The van der Waals surface area contributed by atoms with Crippen molar-refractivity contribution in [3.05, 3.63) is 29.7 Å². The standard InChI is InChI=1S/C12H17N3/c1-9(2)14-6-5-12-10(8-14)7-13-15(12)11-3-4-11/h7,11H,1,3-6,8H2,2H3. The van der Waals surface area contributed by atoms with Gasteiger partial charge in [-0.25, -0.2) is 0 Å². The fourth-order valence-electron chi connectivity index (χ4n) is 2.32. The lowest BCUT2D eigenvalue weighted by atomic mass is 10.1. The van der Waals surface area contributed by atoms with Crippen molar-refractivity contribution in [1.82, 2.24) is 14.7 Å². The molecule has 2 aliphatic rings. The van der Waals surface area contributed by atoms with Crippen molar-refractivity contribution in [3.63, 3.8) is 0 Å². The zero-order valence-corrected chi connectivity index (χ0v) is 9.24. The maximum Gasteiger partial charge on any atom is 0.0542 e. The van der Waals surface area contributed by atoms with Crippen LogP contribution in [0.25, 0.3) is 0 Å². The van der Waals surface area contributed by atoms with Crippen LogP contribution in [0.1, 0.15) is 37.1 Å². The molecule has 80 valence electrons. The van der Waals surface area contributed by atoms with Gasteiger partial charge in [0.2, 0.25) is 0 Å². The van der Waals surface area contributed by atoms with E-state index in [2.05, 4.69) is 28.2 Å². The summed E-state index contributed by atoms with van der Waals surface area (Å²) in [5, 5.41) is 4.51. The van der Waals surface area contributed by atoms with Crippen LogP contribution in [0.3, 0.4) is 0 Å². The van der Waals surface area contributed by atoms with E-state index in [1.165, 1.54) is 29.8 Å². The molecule has 0 bridgehead atoms. The van der Waals surface area contributed by atoms with Gasteiger partial charge < -0.3 is 4.90 Å². The Bertz CT molecular complexity index is 401. The average Bonchev–Trinajstić information content (AvgIpc) is 2.98. The van der Waals surface area contributed by atoms with Gasteiger partial charge in [-0.05, 0) is 19.8 Å². The largest absolute Gasteiger partial charge is 0.371 e. The lowest BCUT2D eigenvalue weighted by molar-refractivity contribution is 0.318. The van der Waals surface area contributed by atoms with E-state index in [1.807, 2.05) is 6.20 Å². The normalized spacial score (nSPS) is 20.2. The molecule has 3 heteroatoms. The number of hydrogen-bond acceptors (Lipinski definition) is 2. The lowest BCUT2D eigenvalue weighted by Crippen LogP contribution is -2.29. The summed E-state index contributed by atoms with van der Waals surface area (Å²) in [5.41, 5.74) is 4.03. The summed E-state index contributed by atoms with van der Waals surface area (Å²) < 4.78 is 2.26. The van der Waals surface area contributed by atoms with E-state index in [1.54, 1.807) is 0 Å². The monoisotopic (exact) mass is 203 g/mol. The smallest absolute Gasteiger partial charge is 0.0542 e. The van der Waals surface area contributed by atoms with Crippen LogP contribution in [-0.4, -0.2) is 21.2 Å². The van der Waals surface area contributed by atoms with Crippen molar-refractivity contribution < 1.29 is 0 Å². The molecule has 1 aromatic rings. The summed E-state index contributed by atoms with van der Waals surface area (Å²) in [6.45, 7) is 8.18. The molecule has 2 heterocycles. The number of rotatable bonds is 2. The third-order valence-electron chi connectivity index (χ3n) is 3.40. The molecule has 0 radical (unpaired) electrons. The quantitative estimate of drug-likeness (QED) is 0.734. The number of hydrogen-bond donors (Lipinski definition) is 0. The Kier molecular flexibility index (Phi) is 1.87. The van der Waals surface area contributed by atoms with Crippen molar-refractivity contribution in [2.75, 3.05) is 6.54 Å². The highest BCUT2D eigenvalue weighted by Gasteiger charge is 2.29. The van der Waals surface area contributed by atoms with Crippen molar-refractivity contribution in [3.8, 4) is 0 Å². The first-order valence-corrected chi connectivity index (χ1v) is 5.71. The van der Waals surface area contributed by atoms with Crippen LogP contribution in [0.15, 0.2) is 18.5 Å². The predicted molar refractivity (Wildman–Crippen MR) is 59.4 cm³/mol. The van der Waals surface area contributed by atoms with Crippen LogP contribution in [0.2, 0.25) is 0 Å². The van der Waals surface area contributed by atoms with Crippen LogP contribution in [0.5, 0.6) is 0 Å². The third-order valence-corrected chi connectivity index (χ3v) is 3.40. The van der Waals surface area contributed by atoms with Gasteiger partial charge in [0, 0.05) is 36.5 Å². The Balaban J connectivity index is 1.88. The number of aromatic nitrogens is 2. The molecule has 3 rings (SSSR count). The molecule has 0 spiro atoms. The molecule has 1 saturated carbocycles. The Morgan fingerprint density at radius 1 is 1.53 bits per heavy atom. The van der Waals surface area contributed by atoms with E-state index in [0.29, 0.717) is 6.04 Å². The van der Waals surface area contributed by atoms with Crippen LogP contribution < -0.4 is 0 Å². The first-order valence-electron chi connectivity index (χ1n) is 5.71. The highest BCUT2D eigenvalue weighted by Crippen LogP contribution is 2.37. The molecule has 0 aromatic carbocycles. The Hall–Kier alpha value is -1.25. The molecule has 0 N–H and O–H groups in total. The number of allylic oxidation sites excluding steroid dienone is 1. The fourth-order valence-corrected chi connectivity index (χ4v) is 2.32. The minimum absolute atomic E-state index is 0.713. The van der Waals surface area contributed by atoms with Gasteiger partial charge in [0.1, 0.15) is 0 Å². The summed E-state index contributed by atoms with van der Waals surface area (Å²) in [6, 6.07) is 0.713. The molecule has 1 aromatic heterocycles. The molecule has 1 aliphatic carbocycles. The molecule has 0 atom stereocenters. The average molecular weight is 203 g/mol. The van der Waals surface area contributed by atoms with E-state index in [0.717, 1.165) is 19.5 Å². The van der Waals surface area contributed by atoms with Gasteiger partial charge in [-0.2, -0.15) is 5.10 Å². The zero-order valence-electron chi connectivity index (χ0n) is 9.24. The maximum absolute atomic E-state index is 4.51. The first kappa shape index (κ1) is 9.01. The van der Waals surface area contributed by atoms with Crippen molar-refractivity contribution >= 4 is 0 Å². The molecule has 0 saturated heterocycles. The van der Waals surface area contributed by atoms with Crippen molar-refractivity contribution in [2.24, 2.45) is 0 Å². The first-order chi connectivity index (χ1) is 7.25. The molecule has 1 aliphatic heterocycles. The minimum atomic E-state index is 0.713. The third kappa shape index (κ3) is 1.46. The van der Waals surface area contributed by atoms with Crippen LogP contribution in [-0.2, 0) is 13.0 Å².